The van der Waals surface area contributed by atoms with E-state index < -0.39 is 36.1 Å². The zero-order valence-electron chi connectivity index (χ0n) is 8.96. The van der Waals surface area contributed by atoms with Crippen molar-refractivity contribution in [2.45, 2.75) is 12.5 Å². The predicted octanol–water partition coefficient (Wildman–Crippen LogP) is -0.122. The molecule has 8 heteroatoms. The van der Waals surface area contributed by atoms with Gasteiger partial charge in [-0.15, -0.1) is 0 Å². The fourth-order valence-corrected chi connectivity index (χ4v) is 1.15. The number of aliphatic carboxylic acids is 2. The number of carbonyl (C=O) groups excluding carboxylic acids is 1. The van der Waals surface area contributed by atoms with Gasteiger partial charge in [0.05, 0.1) is 18.2 Å². The number of hydrogen-bond donors (Lipinski definition) is 3. The van der Waals surface area contributed by atoms with E-state index in [-0.39, 0.29) is 5.56 Å². The molecule has 1 rings (SSSR count). The second-order valence-corrected chi connectivity index (χ2v) is 3.35. The van der Waals surface area contributed by atoms with Gasteiger partial charge >= 0.3 is 11.9 Å². The monoisotopic (exact) mass is 256 g/mol. The van der Waals surface area contributed by atoms with Crippen LogP contribution in [0.3, 0.4) is 0 Å². The Morgan fingerprint density at radius 1 is 1.33 bits per heavy atom. The minimum Gasteiger partial charge on any atom is -0.481 e. The Morgan fingerprint density at radius 3 is 2.50 bits per heavy atom. The third kappa shape index (κ3) is 3.81. The first-order chi connectivity index (χ1) is 8.40. The number of nitrogens with zero attached hydrogens (tertiary/aromatic N) is 1. The normalized spacial score (nSPS) is 11.6. The standard InChI is InChI=1S/C10H9FN2O5/c11-6-1-5(3-12-4-6)9(16)13-7(10(17)18)2-8(14)15/h1,3-4,7H,2H2,(H,13,16)(H,14,15)(H,17,18). The lowest BCUT2D eigenvalue weighted by atomic mass is 10.2. The zero-order chi connectivity index (χ0) is 13.7. The number of aromatic nitrogens is 1. The molecule has 0 aromatic carbocycles. The van der Waals surface area contributed by atoms with Gasteiger partial charge in [-0.3, -0.25) is 14.6 Å². The van der Waals surface area contributed by atoms with E-state index in [1.54, 1.807) is 0 Å². The lowest BCUT2D eigenvalue weighted by Crippen LogP contribution is -2.42. The largest absolute Gasteiger partial charge is 0.481 e. The molecule has 0 saturated carbocycles. The summed E-state index contributed by atoms with van der Waals surface area (Å²) in [5, 5.41) is 19.1. The molecule has 0 radical (unpaired) electrons. The van der Waals surface area contributed by atoms with Crippen molar-refractivity contribution in [3.63, 3.8) is 0 Å². The first-order valence-electron chi connectivity index (χ1n) is 4.76. The Hall–Kier alpha value is -2.51. The first-order valence-corrected chi connectivity index (χ1v) is 4.76. The van der Waals surface area contributed by atoms with E-state index in [0.717, 1.165) is 18.5 Å². The highest BCUT2D eigenvalue weighted by molar-refractivity contribution is 5.97. The van der Waals surface area contributed by atoms with Crippen LogP contribution in [0.25, 0.3) is 0 Å². The molecule has 0 aliphatic heterocycles. The summed E-state index contributed by atoms with van der Waals surface area (Å²) in [5.41, 5.74) is -0.188. The molecule has 1 unspecified atom stereocenters. The van der Waals surface area contributed by atoms with Crippen LogP contribution in [-0.2, 0) is 9.59 Å². The van der Waals surface area contributed by atoms with E-state index in [4.69, 9.17) is 10.2 Å². The van der Waals surface area contributed by atoms with Gasteiger partial charge in [0.2, 0.25) is 0 Å². The average Bonchev–Trinajstić information content (AvgIpc) is 2.27. The van der Waals surface area contributed by atoms with E-state index >= 15 is 0 Å². The van der Waals surface area contributed by atoms with Gasteiger partial charge in [0.15, 0.2) is 0 Å². The van der Waals surface area contributed by atoms with Gasteiger partial charge in [-0.25, -0.2) is 9.18 Å². The Bertz CT molecular complexity index is 491. The maximum atomic E-state index is 12.8. The molecule has 0 bridgehead atoms. The van der Waals surface area contributed by atoms with Crippen LogP contribution in [0.1, 0.15) is 16.8 Å². The number of rotatable bonds is 5. The molecule has 0 saturated heterocycles. The molecule has 7 nitrogen and oxygen atoms in total. The minimum absolute atomic E-state index is 0.188. The highest BCUT2D eigenvalue weighted by Gasteiger charge is 2.23. The van der Waals surface area contributed by atoms with Gasteiger partial charge in [0.1, 0.15) is 11.9 Å². The number of carboxylic acids is 2. The number of amides is 1. The average molecular weight is 256 g/mol. The number of hydrogen-bond acceptors (Lipinski definition) is 4. The summed E-state index contributed by atoms with van der Waals surface area (Å²) in [6.45, 7) is 0. The third-order valence-corrected chi connectivity index (χ3v) is 1.95. The number of pyridine rings is 1. The SMILES string of the molecule is O=C(O)CC(NC(=O)c1cncc(F)c1)C(=O)O. The summed E-state index contributed by atoms with van der Waals surface area (Å²) in [6.07, 6.45) is 1.14. The molecule has 0 spiro atoms. The van der Waals surface area contributed by atoms with Gasteiger partial charge < -0.3 is 15.5 Å². The molecule has 1 amide bonds. The van der Waals surface area contributed by atoms with Crippen molar-refractivity contribution in [1.29, 1.82) is 0 Å². The van der Waals surface area contributed by atoms with Crippen molar-refractivity contribution in [1.82, 2.24) is 10.3 Å². The van der Waals surface area contributed by atoms with Gasteiger partial charge in [-0.05, 0) is 6.07 Å². The summed E-state index contributed by atoms with van der Waals surface area (Å²) in [5.74, 6) is -4.53. The number of halogens is 1. The van der Waals surface area contributed by atoms with Gasteiger partial charge in [0.25, 0.3) is 5.91 Å². The van der Waals surface area contributed by atoms with Gasteiger partial charge in [0, 0.05) is 6.20 Å². The fraction of sp³-hybridized carbons (Fsp3) is 0.200. The van der Waals surface area contributed by atoms with Gasteiger partial charge in [-0.2, -0.15) is 0 Å². The topological polar surface area (TPSA) is 117 Å². The lowest BCUT2D eigenvalue weighted by molar-refractivity contribution is -0.145. The molecule has 1 atom stereocenters. The quantitative estimate of drug-likeness (QED) is 0.676. The Labute approximate surface area is 100 Å². The lowest BCUT2D eigenvalue weighted by Gasteiger charge is -2.12. The summed E-state index contributed by atoms with van der Waals surface area (Å²) < 4.78 is 12.8. The summed E-state index contributed by atoms with van der Waals surface area (Å²) in [7, 11) is 0. The van der Waals surface area contributed by atoms with Crippen molar-refractivity contribution in [3.05, 3.63) is 29.8 Å². The Balaban J connectivity index is 2.78. The number of nitrogens with one attached hydrogen (secondary N) is 1. The molecule has 0 aliphatic rings. The third-order valence-electron chi connectivity index (χ3n) is 1.95. The van der Waals surface area contributed by atoms with Crippen LogP contribution in [-0.4, -0.2) is 39.1 Å². The van der Waals surface area contributed by atoms with E-state index in [2.05, 4.69) is 4.98 Å². The molecule has 96 valence electrons. The Morgan fingerprint density at radius 2 is 2.00 bits per heavy atom. The molecule has 18 heavy (non-hydrogen) atoms. The predicted molar refractivity (Wildman–Crippen MR) is 55.3 cm³/mol. The van der Waals surface area contributed by atoms with Crippen LogP contribution >= 0.6 is 0 Å². The summed E-state index contributed by atoms with van der Waals surface area (Å²) in [4.78, 5) is 36.0. The zero-order valence-corrected chi connectivity index (χ0v) is 8.96. The molecule has 0 fully saturated rings. The maximum Gasteiger partial charge on any atom is 0.326 e. The van der Waals surface area contributed by atoms with Gasteiger partial charge in [-0.1, -0.05) is 0 Å². The van der Waals surface area contributed by atoms with E-state index in [9.17, 15) is 18.8 Å². The van der Waals surface area contributed by atoms with Crippen LogP contribution in [0.15, 0.2) is 18.5 Å². The van der Waals surface area contributed by atoms with Crippen molar-refractivity contribution >= 4 is 17.8 Å². The smallest absolute Gasteiger partial charge is 0.326 e. The second-order valence-electron chi connectivity index (χ2n) is 3.35. The number of carboxylic acid groups (broad SMARTS) is 2. The minimum atomic E-state index is -1.58. The first kappa shape index (κ1) is 13.6. The molecular formula is C10H9FN2O5. The molecule has 1 heterocycles. The maximum absolute atomic E-state index is 12.8. The van der Waals surface area contributed by atoms with Crippen molar-refractivity contribution < 1.29 is 29.0 Å². The van der Waals surface area contributed by atoms with Crippen molar-refractivity contribution in [2.75, 3.05) is 0 Å². The Kier molecular flexibility index (Phi) is 4.30. The van der Waals surface area contributed by atoms with Crippen molar-refractivity contribution in [2.24, 2.45) is 0 Å². The van der Waals surface area contributed by atoms with Crippen LogP contribution < -0.4 is 5.32 Å². The highest BCUT2D eigenvalue weighted by atomic mass is 19.1. The fourth-order valence-electron chi connectivity index (χ4n) is 1.15. The molecular weight excluding hydrogens is 247 g/mol. The second kappa shape index (κ2) is 5.71. The van der Waals surface area contributed by atoms with E-state index in [1.165, 1.54) is 0 Å². The van der Waals surface area contributed by atoms with Crippen LogP contribution in [0.2, 0.25) is 0 Å². The molecule has 1 aromatic rings. The molecule has 1 aromatic heterocycles. The van der Waals surface area contributed by atoms with E-state index in [0.29, 0.717) is 0 Å². The molecule has 3 N–H and O–H groups in total. The summed E-state index contributed by atoms with van der Waals surface area (Å²) >= 11 is 0. The number of carbonyl (C=O) groups is 3. The van der Waals surface area contributed by atoms with E-state index in [1.807, 2.05) is 5.32 Å². The highest BCUT2D eigenvalue weighted by Crippen LogP contribution is 2.02. The summed E-state index contributed by atoms with van der Waals surface area (Å²) in [6, 6.07) is -0.722. The van der Waals surface area contributed by atoms with Crippen molar-refractivity contribution in [3.8, 4) is 0 Å². The van der Waals surface area contributed by atoms with Crippen LogP contribution in [0.5, 0.6) is 0 Å². The van der Waals surface area contributed by atoms with Crippen LogP contribution in [0.4, 0.5) is 4.39 Å². The van der Waals surface area contributed by atoms with Crippen LogP contribution in [0, 0.1) is 5.82 Å². The molecule has 0 aliphatic carbocycles.